The van der Waals surface area contributed by atoms with E-state index in [1.54, 1.807) is 11.8 Å². The van der Waals surface area contributed by atoms with E-state index in [4.69, 9.17) is 0 Å². The molecule has 2 fully saturated rings. The van der Waals surface area contributed by atoms with Gasteiger partial charge in [-0.3, -0.25) is 4.79 Å². The van der Waals surface area contributed by atoms with Gasteiger partial charge < -0.3 is 10.6 Å². The number of amides is 1. The Kier molecular flexibility index (Phi) is 9.49. The first-order valence-electron chi connectivity index (χ1n) is 7.21. The van der Waals surface area contributed by atoms with Crippen LogP contribution in [0.25, 0.3) is 0 Å². The number of carbonyl (C=O) groups is 1. The molecule has 2 rings (SSSR count). The Hall–Kier alpha value is 0.330. The number of rotatable bonds is 6. The fourth-order valence-electron chi connectivity index (χ4n) is 2.32. The molecule has 0 aliphatic carbocycles. The van der Waals surface area contributed by atoms with Crippen molar-refractivity contribution in [1.82, 2.24) is 14.9 Å². The molecule has 2 N–H and O–H groups in total. The minimum atomic E-state index is -3.23. The summed E-state index contributed by atoms with van der Waals surface area (Å²) < 4.78 is 25.8. The largest absolute Gasteiger partial charge is 0.355 e. The molecular weight excluding hydrogens is 366 g/mol. The highest BCUT2D eigenvalue weighted by Gasteiger charge is 2.24. The molecule has 0 aromatic rings. The third-order valence-electron chi connectivity index (χ3n) is 3.48. The summed E-state index contributed by atoms with van der Waals surface area (Å²) in [5, 5.41) is 6.02. The summed E-state index contributed by atoms with van der Waals surface area (Å²) in [5.74, 6) is 3.67. The predicted octanol–water partition coefficient (Wildman–Crippen LogP) is -0.00190. The van der Waals surface area contributed by atoms with Gasteiger partial charge in [0, 0.05) is 61.7 Å². The molecule has 2 aliphatic rings. The van der Waals surface area contributed by atoms with Crippen molar-refractivity contribution in [1.29, 1.82) is 0 Å². The van der Waals surface area contributed by atoms with E-state index in [9.17, 15) is 13.2 Å². The third-order valence-corrected chi connectivity index (χ3v) is 7.42. The molecule has 0 bridgehead atoms. The maximum Gasteiger partial charge on any atom is 0.221 e. The second-order valence-corrected chi connectivity index (χ2v) is 9.57. The number of sulfonamides is 1. The molecule has 0 spiro atoms. The molecule has 22 heavy (non-hydrogen) atoms. The van der Waals surface area contributed by atoms with Crippen LogP contribution in [0.3, 0.4) is 0 Å². The summed E-state index contributed by atoms with van der Waals surface area (Å²) in [6, 6.07) is 0.208. The quantitative estimate of drug-likeness (QED) is 0.665. The van der Waals surface area contributed by atoms with E-state index in [2.05, 4.69) is 10.6 Å². The molecule has 2 heterocycles. The average Bonchev–Trinajstić information content (AvgIpc) is 2.49. The van der Waals surface area contributed by atoms with E-state index in [0.717, 1.165) is 29.6 Å². The topological polar surface area (TPSA) is 78.5 Å². The second kappa shape index (κ2) is 10.2. The molecule has 6 nitrogen and oxygen atoms in total. The Morgan fingerprint density at radius 2 is 1.95 bits per heavy atom. The lowest BCUT2D eigenvalue weighted by molar-refractivity contribution is -0.121. The average molecular weight is 390 g/mol. The number of hydrogen-bond donors (Lipinski definition) is 2. The lowest BCUT2D eigenvalue weighted by Gasteiger charge is -2.25. The van der Waals surface area contributed by atoms with Gasteiger partial charge in [-0.25, -0.2) is 12.7 Å². The molecule has 2 aliphatic heterocycles. The first-order valence-corrected chi connectivity index (χ1v) is 11.1. The Balaban J connectivity index is 0.00000242. The highest BCUT2D eigenvalue weighted by Crippen LogP contribution is 2.13. The molecule has 130 valence electrons. The van der Waals surface area contributed by atoms with Crippen molar-refractivity contribution < 1.29 is 13.2 Å². The van der Waals surface area contributed by atoms with Crippen LogP contribution in [-0.4, -0.2) is 79.6 Å². The van der Waals surface area contributed by atoms with Crippen molar-refractivity contribution in [3.63, 3.8) is 0 Å². The molecule has 2 saturated heterocycles. The van der Waals surface area contributed by atoms with Crippen LogP contribution in [0.1, 0.15) is 6.42 Å². The van der Waals surface area contributed by atoms with Crippen LogP contribution < -0.4 is 10.6 Å². The first-order chi connectivity index (χ1) is 10.1. The van der Waals surface area contributed by atoms with E-state index in [-0.39, 0.29) is 36.7 Å². The molecule has 0 radical (unpaired) electrons. The monoisotopic (exact) mass is 389 g/mol. The number of nitrogens with one attached hydrogen (secondary N) is 2. The number of nitrogens with zero attached hydrogens (tertiary/aromatic N) is 1. The van der Waals surface area contributed by atoms with E-state index < -0.39 is 10.0 Å². The van der Waals surface area contributed by atoms with Gasteiger partial charge in [0.25, 0.3) is 0 Å². The standard InChI is InChI=1S/C12H23N3O3S3.ClH/c16-12(9-11-10-20-5-1-13-11)14-2-8-21(17,18)15-3-6-19-7-4-15;/h11,13H,1-10H2,(H,14,16);1H. The molecule has 0 aromatic carbocycles. The van der Waals surface area contributed by atoms with Crippen molar-refractivity contribution in [2.75, 3.05) is 54.9 Å². The maximum absolute atomic E-state index is 12.1. The van der Waals surface area contributed by atoms with Crippen LogP contribution in [-0.2, 0) is 14.8 Å². The van der Waals surface area contributed by atoms with Gasteiger partial charge in [0.2, 0.25) is 15.9 Å². The van der Waals surface area contributed by atoms with Crippen LogP contribution in [0.5, 0.6) is 0 Å². The van der Waals surface area contributed by atoms with Gasteiger partial charge in [-0.1, -0.05) is 0 Å². The molecular formula is C12H24ClN3O3S3. The SMILES string of the molecule is Cl.O=C(CC1CSCCN1)NCCS(=O)(=O)N1CCSCC1. The first kappa shape index (κ1) is 20.4. The van der Waals surface area contributed by atoms with E-state index >= 15 is 0 Å². The highest BCUT2D eigenvalue weighted by molar-refractivity contribution is 7.99. The highest BCUT2D eigenvalue weighted by atomic mass is 35.5. The van der Waals surface area contributed by atoms with Crippen molar-refractivity contribution >= 4 is 51.9 Å². The second-order valence-electron chi connectivity index (χ2n) is 5.11. The van der Waals surface area contributed by atoms with Crippen molar-refractivity contribution in [3.05, 3.63) is 0 Å². The molecule has 1 atom stereocenters. The van der Waals surface area contributed by atoms with Gasteiger partial charge in [-0.15, -0.1) is 12.4 Å². The molecule has 0 aromatic heterocycles. The number of carbonyl (C=O) groups excluding carboxylic acids is 1. The van der Waals surface area contributed by atoms with E-state index in [1.807, 2.05) is 11.8 Å². The zero-order valence-corrected chi connectivity index (χ0v) is 15.7. The summed E-state index contributed by atoms with van der Waals surface area (Å²) in [4.78, 5) is 11.8. The normalized spacial score (nSPS) is 23.5. The Bertz CT molecular complexity index is 438. The minimum Gasteiger partial charge on any atom is -0.355 e. The fraction of sp³-hybridized carbons (Fsp3) is 0.917. The molecule has 0 saturated carbocycles. The Morgan fingerprint density at radius 1 is 1.23 bits per heavy atom. The van der Waals surface area contributed by atoms with Gasteiger partial charge in [0.15, 0.2) is 0 Å². The van der Waals surface area contributed by atoms with Crippen LogP contribution in [0.4, 0.5) is 0 Å². The van der Waals surface area contributed by atoms with Gasteiger partial charge in [0.05, 0.1) is 5.75 Å². The minimum absolute atomic E-state index is 0. The van der Waals surface area contributed by atoms with Crippen LogP contribution in [0.15, 0.2) is 0 Å². The summed E-state index contributed by atoms with van der Waals surface area (Å²) in [6.07, 6.45) is 0.424. The van der Waals surface area contributed by atoms with Crippen LogP contribution >= 0.6 is 35.9 Å². The van der Waals surface area contributed by atoms with Gasteiger partial charge in [-0.2, -0.15) is 23.5 Å². The van der Waals surface area contributed by atoms with Gasteiger partial charge in [-0.05, 0) is 0 Å². The fourth-order valence-corrected chi connectivity index (χ4v) is 5.76. The molecule has 1 unspecified atom stereocenters. The maximum atomic E-state index is 12.1. The predicted molar refractivity (Wildman–Crippen MR) is 96.7 cm³/mol. The zero-order valence-electron chi connectivity index (χ0n) is 12.5. The zero-order chi connectivity index (χ0) is 15.1. The number of halogens is 1. The number of thioether (sulfide) groups is 2. The summed E-state index contributed by atoms with van der Waals surface area (Å²) in [7, 11) is -3.23. The van der Waals surface area contributed by atoms with Crippen molar-refractivity contribution in [3.8, 4) is 0 Å². The number of hydrogen-bond acceptors (Lipinski definition) is 6. The van der Waals surface area contributed by atoms with Crippen LogP contribution in [0, 0.1) is 0 Å². The van der Waals surface area contributed by atoms with Gasteiger partial charge >= 0.3 is 0 Å². The van der Waals surface area contributed by atoms with E-state index in [1.165, 1.54) is 4.31 Å². The van der Waals surface area contributed by atoms with E-state index in [0.29, 0.717) is 19.5 Å². The smallest absolute Gasteiger partial charge is 0.221 e. The molecule has 1 amide bonds. The Morgan fingerprint density at radius 3 is 2.59 bits per heavy atom. The van der Waals surface area contributed by atoms with Gasteiger partial charge in [0.1, 0.15) is 0 Å². The lowest BCUT2D eigenvalue weighted by atomic mass is 10.2. The summed E-state index contributed by atoms with van der Waals surface area (Å²) in [6.45, 7) is 2.31. The van der Waals surface area contributed by atoms with Crippen molar-refractivity contribution in [2.24, 2.45) is 0 Å². The molecule has 10 heteroatoms. The lowest BCUT2D eigenvalue weighted by Crippen LogP contribution is -2.44. The Labute approximate surface area is 147 Å². The van der Waals surface area contributed by atoms with Crippen LogP contribution in [0.2, 0.25) is 0 Å². The van der Waals surface area contributed by atoms with Crippen molar-refractivity contribution in [2.45, 2.75) is 12.5 Å². The third kappa shape index (κ3) is 6.84. The summed E-state index contributed by atoms with van der Waals surface area (Å²) in [5.41, 5.74) is 0. The summed E-state index contributed by atoms with van der Waals surface area (Å²) >= 11 is 3.62.